The third kappa shape index (κ3) is 7.52. The van der Waals surface area contributed by atoms with E-state index in [1.807, 2.05) is 44.2 Å². The summed E-state index contributed by atoms with van der Waals surface area (Å²) < 4.78 is 43.6. The second kappa shape index (κ2) is 13.8. The van der Waals surface area contributed by atoms with Gasteiger partial charge in [-0.2, -0.15) is 0 Å². The van der Waals surface area contributed by atoms with E-state index in [2.05, 4.69) is 5.32 Å². The molecule has 0 spiro atoms. The summed E-state index contributed by atoms with van der Waals surface area (Å²) in [4.78, 5) is 28.9. The number of rotatable bonds is 12. The molecule has 0 aliphatic heterocycles. The Morgan fingerprint density at radius 2 is 1.59 bits per heavy atom. The molecule has 1 atom stereocenters. The van der Waals surface area contributed by atoms with Gasteiger partial charge >= 0.3 is 0 Å². The SMILES string of the molecule is CC[C@H](C(=O)NC1CCCC1)N(CCc1ccccc1)C(=O)CN(c1ccccc1F)S(=O)(=O)c1ccc(C)cc1. The number of para-hydroxylation sites is 1. The van der Waals surface area contributed by atoms with Crippen LogP contribution in [0.25, 0.3) is 0 Å². The molecule has 218 valence electrons. The minimum atomic E-state index is -4.32. The van der Waals surface area contributed by atoms with E-state index in [0.717, 1.165) is 47.2 Å². The van der Waals surface area contributed by atoms with E-state index < -0.39 is 34.3 Å². The van der Waals surface area contributed by atoms with E-state index in [9.17, 15) is 18.0 Å². The standard InChI is InChI=1S/C32H38FN3O4S/c1-3-29(32(38)34-26-13-7-8-14-26)35(22-21-25-11-5-4-6-12-25)31(37)23-36(30-16-10-9-15-28(30)33)41(39,40)27-19-17-24(2)18-20-27/h4-6,9-12,15-20,26,29H,3,7-8,13-14,21-23H2,1-2H3,(H,34,38)/t29-/m1/s1. The fourth-order valence-electron chi connectivity index (χ4n) is 5.27. The van der Waals surface area contributed by atoms with Crippen molar-refractivity contribution in [1.29, 1.82) is 0 Å². The molecule has 0 aromatic heterocycles. The summed E-state index contributed by atoms with van der Waals surface area (Å²) in [5.41, 5.74) is 1.62. The fourth-order valence-corrected chi connectivity index (χ4v) is 6.69. The summed E-state index contributed by atoms with van der Waals surface area (Å²) in [6.07, 6.45) is 4.72. The fraction of sp³-hybridized carbons (Fsp3) is 0.375. The molecule has 0 saturated heterocycles. The first-order valence-corrected chi connectivity index (χ1v) is 15.6. The van der Waals surface area contributed by atoms with Crippen molar-refractivity contribution in [2.24, 2.45) is 0 Å². The molecule has 0 bridgehead atoms. The van der Waals surface area contributed by atoms with E-state index in [1.54, 1.807) is 12.1 Å². The van der Waals surface area contributed by atoms with Gasteiger partial charge < -0.3 is 10.2 Å². The van der Waals surface area contributed by atoms with Gasteiger partial charge in [0.2, 0.25) is 11.8 Å². The number of carbonyl (C=O) groups excluding carboxylic acids is 2. The minimum absolute atomic E-state index is 0.0546. The maximum atomic E-state index is 15.1. The molecule has 0 radical (unpaired) electrons. The molecular formula is C32H38FN3O4S. The number of aryl methyl sites for hydroxylation is 1. The first-order chi connectivity index (χ1) is 19.7. The molecule has 1 saturated carbocycles. The predicted molar refractivity (Wildman–Crippen MR) is 158 cm³/mol. The molecule has 3 aromatic rings. The highest BCUT2D eigenvalue weighted by Gasteiger charge is 2.35. The lowest BCUT2D eigenvalue weighted by Gasteiger charge is -2.33. The molecule has 4 rings (SSSR count). The number of benzene rings is 3. The molecular weight excluding hydrogens is 541 g/mol. The normalized spacial score (nSPS) is 14.4. The van der Waals surface area contributed by atoms with Crippen LogP contribution in [0.5, 0.6) is 0 Å². The molecule has 1 aliphatic rings. The Hall–Kier alpha value is -3.72. The number of amides is 2. The number of halogens is 1. The second-order valence-electron chi connectivity index (χ2n) is 10.5. The molecule has 1 aliphatic carbocycles. The lowest BCUT2D eigenvalue weighted by Crippen LogP contribution is -2.54. The summed E-state index contributed by atoms with van der Waals surface area (Å²) in [5.74, 6) is -1.59. The van der Waals surface area contributed by atoms with Gasteiger partial charge in [0.15, 0.2) is 0 Å². The van der Waals surface area contributed by atoms with Crippen LogP contribution >= 0.6 is 0 Å². The molecule has 41 heavy (non-hydrogen) atoms. The molecule has 3 aromatic carbocycles. The van der Waals surface area contributed by atoms with Crippen LogP contribution in [0, 0.1) is 12.7 Å². The number of nitrogens with one attached hydrogen (secondary N) is 1. The summed E-state index contributed by atoms with van der Waals surface area (Å²) in [5, 5.41) is 3.09. The quantitative estimate of drug-likeness (QED) is 0.318. The lowest BCUT2D eigenvalue weighted by molar-refractivity contribution is -0.139. The van der Waals surface area contributed by atoms with E-state index >= 15 is 4.39 Å². The Bertz CT molecular complexity index is 1420. The Morgan fingerprint density at radius 3 is 2.22 bits per heavy atom. The first-order valence-electron chi connectivity index (χ1n) is 14.2. The van der Waals surface area contributed by atoms with Crippen molar-refractivity contribution in [2.75, 3.05) is 17.4 Å². The maximum absolute atomic E-state index is 15.1. The van der Waals surface area contributed by atoms with Gasteiger partial charge in [0.25, 0.3) is 10.0 Å². The molecule has 1 N–H and O–H groups in total. The van der Waals surface area contributed by atoms with Crippen molar-refractivity contribution >= 4 is 27.5 Å². The van der Waals surface area contributed by atoms with Crippen molar-refractivity contribution in [3.63, 3.8) is 0 Å². The Kier molecular flexibility index (Phi) is 10.2. The Morgan fingerprint density at radius 1 is 0.951 bits per heavy atom. The van der Waals surface area contributed by atoms with Gasteiger partial charge in [-0.3, -0.25) is 13.9 Å². The Labute approximate surface area is 242 Å². The highest BCUT2D eigenvalue weighted by molar-refractivity contribution is 7.92. The second-order valence-corrected chi connectivity index (χ2v) is 12.4. The topological polar surface area (TPSA) is 86.8 Å². The molecule has 2 amide bonds. The van der Waals surface area contributed by atoms with Crippen molar-refractivity contribution in [2.45, 2.75) is 69.4 Å². The van der Waals surface area contributed by atoms with Crippen LogP contribution in [0.1, 0.15) is 50.2 Å². The van der Waals surface area contributed by atoms with Crippen LogP contribution in [0.3, 0.4) is 0 Å². The van der Waals surface area contributed by atoms with E-state index in [-0.39, 0.29) is 29.1 Å². The highest BCUT2D eigenvalue weighted by atomic mass is 32.2. The smallest absolute Gasteiger partial charge is 0.264 e. The molecule has 9 heteroatoms. The van der Waals surface area contributed by atoms with E-state index in [0.29, 0.717) is 12.8 Å². The van der Waals surface area contributed by atoms with Crippen LogP contribution in [-0.4, -0.2) is 50.3 Å². The third-order valence-electron chi connectivity index (χ3n) is 7.58. The van der Waals surface area contributed by atoms with E-state index in [4.69, 9.17) is 0 Å². The van der Waals surface area contributed by atoms with Crippen LogP contribution in [0.15, 0.2) is 83.8 Å². The zero-order valence-corrected chi connectivity index (χ0v) is 24.4. The van der Waals surface area contributed by atoms with Crippen molar-refractivity contribution in [3.05, 3.63) is 95.8 Å². The van der Waals surface area contributed by atoms with Gasteiger partial charge in [0.1, 0.15) is 18.4 Å². The third-order valence-corrected chi connectivity index (χ3v) is 9.35. The summed E-state index contributed by atoms with van der Waals surface area (Å²) in [7, 11) is -4.32. The Balaban J connectivity index is 1.68. The predicted octanol–water partition coefficient (Wildman–Crippen LogP) is 5.24. The average molecular weight is 580 g/mol. The zero-order chi connectivity index (χ0) is 29.4. The molecule has 7 nitrogen and oxygen atoms in total. The number of hydrogen-bond donors (Lipinski definition) is 1. The maximum Gasteiger partial charge on any atom is 0.264 e. The summed E-state index contributed by atoms with van der Waals surface area (Å²) in [6, 6.07) is 20.5. The number of anilines is 1. The lowest BCUT2D eigenvalue weighted by atomic mass is 10.1. The van der Waals surface area contributed by atoms with Gasteiger partial charge in [-0.15, -0.1) is 0 Å². The number of carbonyl (C=O) groups is 2. The number of nitrogens with zero attached hydrogens (tertiary/aromatic N) is 2. The van der Waals surface area contributed by atoms with Crippen LogP contribution in [0.2, 0.25) is 0 Å². The van der Waals surface area contributed by atoms with Crippen molar-refractivity contribution in [3.8, 4) is 0 Å². The van der Waals surface area contributed by atoms with Crippen molar-refractivity contribution < 1.29 is 22.4 Å². The van der Waals surface area contributed by atoms with Gasteiger partial charge in [0.05, 0.1) is 10.6 Å². The number of sulfonamides is 1. The number of hydrogen-bond acceptors (Lipinski definition) is 4. The van der Waals surface area contributed by atoms with Gasteiger partial charge in [-0.05, 0) is 62.4 Å². The van der Waals surface area contributed by atoms with Crippen molar-refractivity contribution in [1.82, 2.24) is 10.2 Å². The zero-order valence-electron chi connectivity index (χ0n) is 23.6. The van der Waals surface area contributed by atoms with Crippen LogP contribution in [-0.2, 0) is 26.0 Å². The van der Waals surface area contributed by atoms with Gasteiger partial charge in [-0.25, -0.2) is 12.8 Å². The molecule has 1 fully saturated rings. The van der Waals surface area contributed by atoms with Crippen LogP contribution in [0.4, 0.5) is 10.1 Å². The summed E-state index contributed by atoms with van der Waals surface area (Å²) >= 11 is 0. The monoisotopic (exact) mass is 579 g/mol. The van der Waals surface area contributed by atoms with E-state index in [1.165, 1.54) is 35.2 Å². The minimum Gasteiger partial charge on any atom is -0.352 e. The summed E-state index contributed by atoms with van der Waals surface area (Å²) in [6.45, 7) is 3.22. The molecule has 0 unspecified atom stereocenters. The highest BCUT2D eigenvalue weighted by Crippen LogP contribution is 2.27. The van der Waals surface area contributed by atoms with Gasteiger partial charge in [0, 0.05) is 12.6 Å². The van der Waals surface area contributed by atoms with Gasteiger partial charge in [-0.1, -0.05) is 79.9 Å². The van der Waals surface area contributed by atoms with Crippen LogP contribution < -0.4 is 9.62 Å². The first kappa shape index (κ1) is 30.2. The molecule has 0 heterocycles. The largest absolute Gasteiger partial charge is 0.352 e. The average Bonchev–Trinajstić information content (AvgIpc) is 3.48.